The van der Waals surface area contributed by atoms with Crippen molar-refractivity contribution in [3.8, 4) is 0 Å². The van der Waals surface area contributed by atoms with E-state index >= 15 is 0 Å². The van der Waals surface area contributed by atoms with E-state index < -0.39 is 8.32 Å². The number of rotatable bonds is 4. The average molecular weight is 413 g/mol. The van der Waals surface area contributed by atoms with Crippen LogP contribution in [0.15, 0.2) is 91.0 Å². The van der Waals surface area contributed by atoms with Gasteiger partial charge in [-0.15, -0.1) is 0 Å². The molecule has 0 spiro atoms. The van der Waals surface area contributed by atoms with E-state index in [1.54, 1.807) is 0 Å². The second-order valence-corrected chi connectivity index (χ2v) is 12.4. The average Bonchev–Trinajstić information content (AvgIpc) is 3.53. The van der Waals surface area contributed by atoms with E-state index in [0.29, 0.717) is 16.6 Å². The zero-order valence-electron chi connectivity index (χ0n) is 17.0. The van der Waals surface area contributed by atoms with E-state index in [9.17, 15) is 0 Å². The molecule has 0 aromatic heterocycles. The van der Waals surface area contributed by atoms with E-state index in [4.69, 9.17) is 4.43 Å². The zero-order chi connectivity index (χ0) is 20.1. The van der Waals surface area contributed by atoms with E-state index in [1.165, 1.54) is 33.4 Å². The van der Waals surface area contributed by atoms with Crippen molar-refractivity contribution in [1.82, 2.24) is 0 Å². The van der Waals surface area contributed by atoms with Gasteiger partial charge in [-0.25, -0.2) is 0 Å². The molecular weight excluding hydrogens is 387 g/mol. The Bertz CT molecular complexity index is 1080. The van der Waals surface area contributed by atoms with Crippen LogP contribution in [0.3, 0.4) is 0 Å². The van der Waals surface area contributed by atoms with Crippen LogP contribution in [0.5, 0.6) is 0 Å². The minimum absolute atomic E-state index is 0. The first-order valence-corrected chi connectivity index (χ1v) is 12.8. The molecule has 0 N–H and O–H groups in total. The predicted octanol–water partition coefficient (Wildman–Crippen LogP) is 5.98. The molecule has 0 amide bonds. The molecule has 0 heterocycles. The SMILES string of the molecule is CO[Si](C1C=Cc2ccccc21)(C1C=Cc2ccccc21)C1C=Cc2ccccc21.[LiH]. The van der Waals surface area contributed by atoms with Crippen LogP contribution in [-0.2, 0) is 4.43 Å². The van der Waals surface area contributed by atoms with E-state index in [0.717, 1.165) is 0 Å². The summed E-state index contributed by atoms with van der Waals surface area (Å²) in [4.78, 5) is 0. The Balaban J connectivity index is 0.00000204. The first-order valence-electron chi connectivity index (χ1n) is 10.7. The van der Waals surface area contributed by atoms with Crippen LogP contribution in [0.25, 0.3) is 18.2 Å². The van der Waals surface area contributed by atoms with Gasteiger partial charge in [-0.2, -0.15) is 0 Å². The molecule has 3 aromatic carbocycles. The van der Waals surface area contributed by atoms with Gasteiger partial charge < -0.3 is 4.43 Å². The third-order valence-corrected chi connectivity index (χ3v) is 12.3. The molecule has 1 nitrogen and oxygen atoms in total. The number of hydrogen-bond donors (Lipinski definition) is 0. The van der Waals surface area contributed by atoms with Crippen molar-refractivity contribution < 1.29 is 4.43 Å². The summed E-state index contributed by atoms with van der Waals surface area (Å²) in [6.07, 6.45) is 14.2. The molecule has 0 bridgehead atoms. The first kappa shape index (κ1) is 20.6. The molecule has 3 heteroatoms. The van der Waals surface area contributed by atoms with Gasteiger partial charge in [-0.1, -0.05) is 109 Å². The van der Waals surface area contributed by atoms with Gasteiger partial charge in [0.1, 0.15) is 0 Å². The van der Waals surface area contributed by atoms with E-state index in [1.807, 2.05) is 7.11 Å². The normalized spacial score (nSPS) is 23.7. The summed E-state index contributed by atoms with van der Waals surface area (Å²) in [5.74, 6) is 0. The maximum absolute atomic E-state index is 6.85. The Morgan fingerprint density at radius 3 is 1.19 bits per heavy atom. The fourth-order valence-corrected chi connectivity index (χ4v) is 11.3. The first-order chi connectivity index (χ1) is 14.8. The number of benzene rings is 3. The van der Waals surface area contributed by atoms with Crippen LogP contribution in [0.1, 0.15) is 50.0 Å². The third-order valence-electron chi connectivity index (χ3n) is 7.21. The summed E-state index contributed by atoms with van der Waals surface area (Å²) in [5.41, 5.74) is 9.18. The van der Waals surface area contributed by atoms with Crippen molar-refractivity contribution in [2.24, 2.45) is 0 Å². The number of hydrogen-bond acceptors (Lipinski definition) is 1. The van der Waals surface area contributed by atoms with E-state index in [2.05, 4.69) is 109 Å². The van der Waals surface area contributed by atoms with Crippen LogP contribution >= 0.6 is 0 Å². The molecule has 0 fully saturated rings. The van der Waals surface area contributed by atoms with Crippen molar-refractivity contribution >= 4 is 45.4 Å². The predicted molar refractivity (Wildman–Crippen MR) is 135 cm³/mol. The molecule has 31 heavy (non-hydrogen) atoms. The summed E-state index contributed by atoms with van der Waals surface area (Å²) < 4.78 is 6.85. The Hall–Kier alpha value is -2.35. The standard InChI is InChI=1S/C28H24OSi.Li.H/c1-29-30(26-17-14-20-8-2-5-11-23(20)26,27-18-15-21-9-3-6-12-24(21)27)28-19-16-22-10-4-7-13-25(22)28;;/h2-19,26-28H,1H3;;. The Morgan fingerprint density at radius 2 is 0.871 bits per heavy atom. The third kappa shape index (κ3) is 2.94. The van der Waals surface area contributed by atoms with Crippen LogP contribution in [-0.4, -0.2) is 34.3 Å². The van der Waals surface area contributed by atoms with Crippen LogP contribution in [0, 0.1) is 0 Å². The van der Waals surface area contributed by atoms with Crippen molar-refractivity contribution in [3.63, 3.8) is 0 Å². The molecule has 148 valence electrons. The summed E-state index contributed by atoms with van der Waals surface area (Å²) in [5, 5.41) is 0. The molecule has 3 unspecified atom stereocenters. The molecule has 6 rings (SSSR count). The molecular formula is C28H25LiOSi. The quantitative estimate of drug-likeness (QED) is 0.479. The molecule has 0 saturated carbocycles. The van der Waals surface area contributed by atoms with Crippen molar-refractivity contribution in [2.75, 3.05) is 7.11 Å². The van der Waals surface area contributed by atoms with Gasteiger partial charge in [0.05, 0.1) is 0 Å². The Labute approximate surface area is 197 Å². The summed E-state index contributed by atoms with van der Waals surface area (Å²) >= 11 is 0. The fourth-order valence-electron chi connectivity index (χ4n) is 5.89. The molecule has 0 aliphatic heterocycles. The van der Waals surface area contributed by atoms with Crippen LogP contribution < -0.4 is 0 Å². The number of allylic oxidation sites excluding steroid dienone is 3. The monoisotopic (exact) mass is 412 g/mol. The maximum atomic E-state index is 6.85. The van der Waals surface area contributed by atoms with Gasteiger partial charge in [0.15, 0.2) is 0 Å². The van der Waals surface area contributed by atoms with Gasteiger partial charge in [0.2, 0.25) is 8.32 Å². The van der Waals surface area contributed by atoms with Crippen molar-refractivity contribution in [2.45, 2.75) is 16.6 Å². The minimum atomic E-state index is -2.48. The molecule has 3 aliphatic carbocycles. The summed E-state index contributed by atoms with van der Waals surface area (Å²) in [6, 6.07) is 26.5. The molecule has 3 aromatic rings. The second-order valence-electron chi connectivity index (χ2n) is 8.45. The zero-order valence-corrected chi connectivity index (χ0v) is 18.0. The fraction of sp³-hybridized carbons (Fsp3) is 0.143. The van der Waals surface area contributed by atoms with Crippen molar-refractivity contribution in [3.05, 3.63) is 124 Å². The second kappa shape index (κ2) is 7.97. The Kier molecular flexibility index (Phi) is 5.28. The summed E-state index contributed by atoms with van der Waals surface area (Å²) in [6.45, 7) is 0. The summed E-state index contributed by atoms with van der Waals surface area (Å²) in [7, 11) is -0.522. The van der Waals surface area contributed by atoms with Gasteiger partial charge >= 0.3 is 18.9 Å². The molecule has 0 saturated heterocycles. The van der Waals surface area contributed by atoms with Crippen LogP contribution in [0.4, 0.5) is 0 Å². The van der Waals surface area contributed by atoms with Crippen molar-refractivity contribution in [1.29, 1.82) is 0 Å². The van der Waals surface area contributed by atoms with Gasteiger partial charge in [0.25, 0.3) is 0 Å². The topological polar surface area (TPSA) is 9.23 Å². The molecule has 0 radical (unpaired) electrons. The number of fused-ring (bicyclic) bond motifs is 3. The molecule has 3 atom stereocenters. The van der Waals surface area contributed by atoms with Gasteiger partial charge in [-0.05, 0) is 33.4 Å². The van der Waals surface area contributed by atoms with E-state index in [-0.39, 0.29) is 18.9 Å². The van der Waals surface area contributed by atoms with Gasteiger partial charge in [-0.3, -0.25) is 0 Å². The van der Waals surface area contributed by atoms with Crippen LogP contribution in [0.2, 0.25) is 0 Å². The Morgan fingerprint density at radius 1 is 0.548 bits per heavy atom. The van der Waals surface area contributed by atoms with Gasteiger partial charge in [0, 0.05) is 23.7 Å². The molecule has 3 aliphatic rings.